The molecule has 1 saturated heterocycles. The highest BCUT2D eigenvalue weighted by Crippen LogP contribution is 2.29. The lowest BCUT2D eigenvalue weighted by Crippen LogP contribution is -2.67. The number of aliphatic hydroxyl groups excluding tert-OH is 1. The molecule has 98 valence electrons. The summed E-state index contributed by atoms with van der Waals surface area (Å²) in [4.78, 5) is 13.6. The molecule has 0 saturated carbocycles. The molecule has 1 aromatic rings. The number of hydrogen-bond donors (Lipinski definition) is 2. The van der Waals surface area contributed by atoms with Crippen LogP contribution in [0.4, 0.5) is 10.1 Å². The zero-order valence-electron chi connectivity index (χ0n) is 10.5. The summed E-state index contributed by atoms with van der Waals surface area (Å²) in [7, 11) is 0. The Kier molecular flexibility index (Phi) is 3.26. The summed E-state index contributed by atoms with van der Waals surface area (Å²) in [6.45, 7) is 4.16. The predicted octanol–water partition coefficient (Wildman–Crippen LogP) is 0.901. The minimum absolute atomic E-state index is 0.207. The molecule has 1 unspecified atom stereocenters. The van der Waals surface area contributed by atoms with Crippen molar-refractivity contribution < 1.29 is 14.3 Å². The molecule has 1 amide bonds. The van der Waals surface area contributed by atoms with Crippen LogP contribution in [0.25, 0.3) is 0 Å². The largest absolute Gasteiger partial charge is 0.394 e. The first-order valence-corrected chi connectivity index (χ1v) is 5.89. The van der Waals surface area contributed by atoms with Gasteiger partial charge in [0, 0.05) is 12.2 Å². The van der Waals surface area contributed by atoms with Gasteiger partial charge in [0.25, 0.3) is 0 Å². The molecule has 1 aliphatic heterocycles. The summed E-state index contributed by atoms with van der Waals surface area (Å²) in [5.41, 5.74) is 0.398. The topological polar surface area (TPSA) is 52.6 Å². The van der Waals surface area contributed by atoms with Gasteiger partial charge in [-0.25, -0.2) is 4.39 Å². The fourth-order valence-corrected chi connectivity index (χ4v) is 2.34. The van der Waals surface area contributed by atoms with E-state index in [1.165, 1.54) is 12.1 Å². The van der Waals surface area contributed by atoms with E-state index in [0.717, 1.165) is 5.69 Å². The molecular formula is C13H17FN2O2. The molecule has 1 aromatic carbocycles. The number of anilines is 1. The Hall–Kier alpha value is -1.62. The van der Waals surface area contributed by atoms with Crippen molar-refractivity contribution in [1.29, 1.82) is 0 Å². The summed E-state index contributed by atoms with van der Waals surface area (Å²) in [5, 5.41) is 12.2. The van der Waals surface area contributed by atoms with Crippen LogP contribution in [0.2, 0.25) is 0 Å². The van der Waals surface area contributed by atoms with Gasteiger partial charge in [-0.05, 0) is 38.1 Å². The van der Waals surface area contributed by atoms with Crippen molar-refractivity contribution in [2.75, 3.05) is 18.1 Å². The normalized spacial score (nSPS) is 22.8. The van der Waals surface area contributed by atoms with Crippen molar-refractivity contribution in [3.8, 4) is 0 Å². The van der Waals surface area contributed by atoms with Gasteiger partial charge in [0.05, 0.1) is 12.1 Å². The van der Waals surface area contributed by atoms with E-state index < -0.39 is 6.04 Å². The van der Waals surface area contributed by atoms with Crippen LogP contribution in [0.3, 0.4) is 0 Å². The zero-order chi connectivity index (χ0) is 13.3. The van der Waals surface area contributed by atoms with E-state index in [9.17, 15) is 14.3 Å². The summed E-state index contributed by atoms with van der Waals surface area (Å²) in [6.07, 6.45) is 0. The van der Waals surface area contributed by atoms with Crippen molar-refractivity contribution in [1.82, 2.24) is 5.32 Å². The van der Waals surface area contributed by atoms with Crippen LogP contribution in [-0.4, -0.2) is 35.7 Å². The fourth-order valence-electron chi connectivity index (χ4n) is 2.34. The first-order valence-electron chi connectivity index (χ1n) is 5.89. The molecule has 0 aromatic heterocycles. The van der Waals surface area contributed by atoms with Crippen molar-refractivity contribution in [2.24, 2.45) is 0 Å². The third-order valence-corrected chi connectivity index (χ3v) is 3.24. The molecular weight excluding hydrogens is 235 g/mol. The molecule has 5 heteroatoms. The SMILES string of the molecule is CC1(C)CNC(=O)C(CO)N1c1ccc(F)cc1. The van der Waals surface area contributed by atoms with Gasteiger partial charge in [0.1, 0.15) is 11.9 Å². The van der Waals surface area contributed by atoms with Crippen molar-refractivity contribution in [2.45, 2.75) is 25.4 Å². The maximum atomic E-state index is 13.0. The van der Waals surface area contributed by atoms with Crippen LogP contribution in [0.5, 0.6) is 0 Å². The molecule has 0 radical (unpaired) electrons. The molecule has 2 N–H and O–H groups in total. The first-order chi connectivity index (χ1) is 8.45. The van der Waals surface area contributed by atoms with Gasteiger partial charge in [-0.2, -0.15) is 0 Å². The molecule has 0 aliphatic carbocycles. The Balaban J connectivity index is 2.41. The average molecular weight is 252 g/mol. The van der Waals surface area contributed by atoms with Crippen LogP contribution >= 0.6 is 0 Å². The van der Waals surface area contributed by atoms with Gasteiger partial charge in [-0.15, -0.1) is 0 Å². The summed E-state index contributed by atoms with van der Waals surface area (Å²) < 4.78 is 13.0. The lowest BCUT2D eigenvalue weighted by Gasteiger charge is -2.48. The van der Waals surface area contributed by atoms with Gasteiger partial charge >= 0.3 is 0 Å². The van der Waals surface area contributed by atoms with Gasteiger partial charge in [0.15, 0.2) is 0 Å². The number of halogens is 1. The average Bonchev–Trinajstić information content (AvgIpc) is 2.33. The highest BCUT2D eigenvalue weighted by atomic mass is 19.1. The number of carbonyl (C=O) groups is 1. The highest BCUT2D eigenvalue weighted by molar-refractivity contribution is 5.87. The number of hydrogen-bond acceptors (Lipinski definition) is 3. The Bertz CT molecular complexity index is 445. The lowest BCUT2D eigenvalue weighted by atomic mass is 9.95. The van der Waals surface area contributed by atoms with E-state index in [1.54, 1.807) is 12.1 Å². The molecule has 0 bridgehead atoms. The monoisotopic (exact) mass is 252 g/mol. The number of piperazine rings is 1. The van der Waals surface area contributed by atoms with Crippen LogP contribution in [0.15, 0.2) is 24.3 Å². The molecule has 1 atom stereocenters. The van der Waals surface area contributed by atoms with E-state index in [1.807, 2.05) is 18.7 Å². The Labute approximate surface area is 105 Å². The van der Waals surface area contributed by atoms with Gasteiger partial charge < -0.3 is 15.3 Å². The van der Waals surface area contributed by atoms with Gasteiger partial charge in [-0.1, -0.05) is 0 Å². The van der Waals surface area contributed by atoms with E-state index in [2.05, 4.69) is 5.32 Å². The maximum absolute atomic E-state index is 13.0. The van der Waals surface area contributed by atoms with Crippen LogP contribution < -0.4 is 10.2 Å². The number of rotatable bonds is 2. The van der Waals surface area contributed by atoms with Crippen molar-refractivity contribution >= 4 is 11.6 Å². The molecule has 1 aliphatic rings. The lowest BCUT2D eigenvalue weighted by molar-refractivity contribution is -0.125. The molecule has 2 rings (SSSR count). The van der Waals surface area contributed by atoms with E-state index in [4.69, 9.17) is 0 Å². The molecule has 1 heterocycles. The molecule has 1 fully saturated rings. The second-order valence-corrected chi connectivity index (χ2v) is 5.08. The third-order valence-electron chi connectivity index (χ3n) is 3.24. The summed E-state index contributed by atoms with van der Waals surface area (Å²) in [5.74, 6) is -0.528. The van der Waals surface area contributed by atoms with Crippen molar-refractivity contribution in [3.05, 3.63) is 30.1 Å². The Morgan fingerprint density at radius 3 is 2.61 bits per heavy atom. The third kappa shape index (κ3) is 2.18. The molecule has 4 nitrogen and oxygen atoms in total. The maximum Gasteiger partial charge on any atom is 0.245 e. The number of aliphatic hydroxyl groups is 1. The van der Waals surface area contributed by atoms with Crippen LogP contribution in [-0.2, 0) is 4.79 Å². The second-order valence-electron chi connectivity index (χ2n) is 5.08. The first kappa shape index (κ1) is 12.8. The van der Waals surface area contributed by atoms with E-state index >= 15 is 0 Å². The zero-order valence-corrected chi connectivity index (χ0v) is 10.5. The smallest absolute Gasteiger partial charge is 0.245 e. The van der Waals surface area contributed by atoms with Gasteiger partial charge in [0.2, 0.25) is 5.91 Å². The Morgan fingerprint density at radius 1 is 1.44 bits per heavy atom. The standard InChI is InChI=1S/C13H17FN2O2/c1-13(2)8-15-12(18)11(7-17)16(13)10-5-3-9(14)4-6-10/h3-6,11,17H,7-8H2,1-2H3,(H,15,18). The van der Waals surface area contributed by atoms with Crippen LogP contribution in [0.1, 0.15) is 13.8 Å². The quantitative estimate of drug-likeness (QED) is 0.822. The van der Waals surface area contributed by atoms with Gasteiger partial charge in [-0.3, -0.25) is 4.79 Å². The molecule has 0 spiro atoms. The second kappa shape index (κ2) is 4.57. The highest BCUT2D eigenvalue weighted by Gasteiger charge is 2.40. The number of nitrogens with zero attached hydrogens (tertiary/aromatic N) is 1. The number of nitrogens with one attached hydrogen (secondary N) is 1. The van der Waals surface area contributed by atoms with E-state index in [-0.39, 0.29) is 23.9 Å². The van der Waals surface area contributed by atoms with Crippen molar-refractivity contribution in [3.63, 3.8) is 0 Å². The number of carbonyl (C=O) groups excluding carboxylic acids is 1. The molecule has 18 heavy (non-hydrogen) atoms. The summed E-state index contributed by atoms with van der Waals surface area (Å²) >= 11 is 0. The minimum Gasteiger partial charge on any atom is -0.394 e. The minimum atomic E-state index is -0.640. The van der Waals surface area contributed by atoms with Crippen LogP contribution in [0, 0.1) is 5.82 Å². The predicted molar refractivity (Wildman–Crippen MR) is 66.8 cm³/mol. The summed E-state index contributed by atoms with van der Waals surface area (Å²) in [6, 6.07) is 5.31. The van der Waals surface area contributed by atoms with E-state index in [0.29, 0.717) is 6.54 Å². The number of benzene rings is 1. The Morgan fingerprint density at radius 2 is 2.06 bits per heavy atom. The number of amides is 1. The fraction of sp³-hybridized carbons (Fsp3) is 0.462.